The highest BCUT2D eigenvalue weighted by atomic mass is 79.9. The van der Waals surface area contributed by atoms with Crippen LogP contribution in [-0.4, -0.2) is 36.1 Å². The maximum Gasteiger partial charge on any atom is 0.333 e. The molecule has 6 nitrogen and oxygen atoms in total. The van der Waals surface area contributed by atoms with Crippen LogP contribution in [0.15, 0.2) is 71.2 Å². The fourth-order valence-corrected chi connectivity index (χ4v) is 3.07. The van der Waals surface area contributed by atoms with Crippen LogP contribution in [0, 0.1) is 0 Å². The van der Waals surface area contributed by atoms with E-state index in [0.29, 0.717) is 15.6 Å². The average Bonchev–Trinajstić information content (AvgIpc) is 2.67. The monoisotopic (exact) mass is 431 g/mol. The summed E-state index contributed by atoms with van der Waals surface area (Å²) in [6, 6.07) is 13.6. The van der Waals surface area contributed by atoms with Gasteiger partial charge in [0.25, 0.3) is 5.91 Å². The SMILES string of the molecule is C=C(C(=O)OC)[C@H](c1cccc(Br)c1)[C@@H](NC(=O)c1ccccc1)C(=O)O. The molecule has 140 valence electrons. The third kappa shape index (κ3) is 5.04. The van der Waals surface area contributed by atoms with Gasteiger partial charge in [-0.1, -0.05) is 52.8 Å². The molecule has 0 radical (unpaired) electrons. The van der Waals surface area contributed by atoms with E-state index in [1.54, 1.807) is 54.6 Å². The molecular formula is C20H18BrNO5. The van der Waals surface area contributed by atoms with E-state index in [-0.39, 0.29) is 5.57 Å². The normalized spacial score (nSPS) is 12.5. The number of aliphatic carboxylic acids is 1. The third-order valence-corrected chi connectivity index (χ3v) is 4.45. The molecule has 2 aromatic carbocycles. The van der Waals surface area contributed by atoms with E-state index in [1.807, 2.05) is 0 Å². The molecule has 0 saturated carbocycles. The molecule has 0 aliphatic carbocycles. The van der Waals surface area contributed by atoms with E-state index in [2.05, 4.69) is 27.8 Å². The summed E-state index contributed by atoms with van der Waals surface area (Å²) in [5.41, 5.74) is 0.734. The number of methoxy groups -OCH3 is 1. The molecule has 0 saturated heterocycles. The van der Waals surface area contributed by atoms with Crippen molar-refractivity contribution < 1.29 is 24.2 Å². The molecule has 0 heterocycles. The van der Waals surface area contributed by atoms with Crippen molar-refractivity contribution in [3.05, 3.63) is 82.3 Å². The van der Waals surface area contributed by atoms with Gasteiger partial charge in [-0.05, 0) is 29.8 Å². The van der Waals surface area contributed by atoms with E-state index >= 15 is 0 Å². The van der Waals surface area contributed by atoms with E-state index in [9.17, 15) is 19.5 Å². The smallest absolute Gasteiger partial charge is 0.333 e. The first kappa shape index (κ1) is 20.4. The lowest BCUT2D eigenvalue weighted by molar-refractivity contribution is -0.140. The Kier molecular flexibility index (Phi) is 6.90. The number of esters is 1. The maximum absolute atomic E-state index is 12.5. The number of ether oxygens (including phenoxy) is 1. The maximum atomic E-state index is 12.5. The Hall–Kier alpha value is -2.93. The van der Waals surface area contributed by atoms with Crippen molar-refractivity contribution in [3.63, 3.8) is 0 Å². The number of carbonyl (C=O) groups excluding carboxylic acids is 2. The summed E-state index contributed by atoms with van der Waals surface area (Å²) < 4.78 is 5.40. The zero-order chi connectivity index (χ0) is 20.0. The van der Waals surface area contributed by atoms with Crippen molar-refractivity contribution in [2.75, 3.05) is 7.11 Å². The zero-order valence-electron chi connectivity index (χ0n) is 14.5. The van der Waals surface area contributed by atoms with Gasteiger partial charge in [0, 0.05) is 21.5 Å². The molecule has 2 rings (SSSR count). The number of hydrogen-bond acceptors (Lipinski definition) is 4. The van der Waals surface area contributed by atoms with E-state index in [4.69, 9.17) is 4.74 Å². The van der Waals surface area contributed by atoms with Gasteiger partial charge in [-0.25, -0.2) is 9.59 Å². The Bertz CT molecular complexity index is 866. The molecule has 7 heteroatoms. The lowest BCUT2D eigenvalue weighted by atomic mass is 9.85. The van der Waals surface area contributed by atoms with Crippen LogP contribution in [0.5, 0.6) is 0 Å². The van der Waals surface area contributed by atoms with Gasteiger partial charge in [0.05, 0.1) is 7.11 Å². The predicted molar refractivity (Wildman–Crippen MR) is 103 cm³/mol. The zero-order valence-corrected chi connectivity index (χ0v) is 16.1. The fourth-order valence-electron chi connectivity index (χ4n) is 2.65. The Morgan fingerprint density at radius 1 is 1.11 bits per heavy atom. The standard InChI is InChI=1S/C20H18BrNO5/c1-12(20(26)27-2)16(14-9-6-10-15(21)11-14)17(19(24)25)22-18(23)13-7-4-3-5-8-13/h3-11,16-17H,1H2,2H3,(H,22,23)(H,24,25)/t16-,17-/m1/s1. The topological polar surface area (TPSA) is 92.7 Å². The molecule has 2 aromatic rings. The van der Waals surface area contributed by atoms with Crippen molar-refractivity contribution in [3.8, 4) is 0 Å². The first-order chi connectivity index (χ1) is 12.8. The largest absolute Gasteiger partial charge is 0.480 e. The molecule has 2 atom stereocenters. The highest BCUT2D eigenvalue weighted by Crippen LogP contribution is 2.30. The molecule has 0 fully saturated rings. The average molecular weight is 432 g/mol. The molecule has 0 spiro atoms. The number of halogens is 1. The van der Waals surface area contributed by atoms with Crippen LogP contribution in [0.4, 0.5) is 0 Å². The van der Waals surface area contributed by atoms with Gasteiger partial charge in [-0.2, -0.15) is 0 Å². The Morgan fingerprint density at radius 2 is 1.78 bits per heavy atom. The Morgan fingerprint density at radius 3 is 2.33 bits per heavy atom. The van der Waals surface area contributed by atoms with Crippen LogP contribution in [0.1, 0.15) is 21.8 Å². The third-order valence-electron chi connectivity index (χ3n) is 3.95. The van der Waals surface area contributed by atoms with Gasteiger partial charge in [0.15, 0.2) is 0 Å². The van der Waals surface area contributed by atoms with Crippen molar-refractivity contribution in [2.24, 2.45) is 0 Å². The number of amides is 1. The number of carboxylic acid groups (broad SMARTS) is 1. The second kappa shape index (κ2) is 9.14. The summed E-state index contributed by atoms with van der Waals surface area (Å²) in [6.45, 7) is 3.71. The summed E-state index contributed by atoms with van der Waals surface area (Å²) in [4.78, 5) is 36.5. The number of carbonyl (C=O) groups is 3. The first-order valence-electron chi connectivity index (χ1n) is 7.96. The molecule has 0 aliphatic heterocycles. The van der Waals surface area contributed by atoms with E-state index in [0.717, 1.165) is 0 Å². The first-order valence-corrected chi connectivity index (χ1v) is 8.75. The minimum absolute atomic E-state index is 0.0728. The van der Waals surface area contributed by atoms with Crippen molar-refractivity contribution in [1.82, 2.24) is 5.32 Å². The van der Waals surface area contributed by atoms with Gasteiger partial charge in [-0.3, -0.25) is 4.79 Å². The predicted octanol–water partition coefficient (Wildman–Crippen LogP) is 3.15. The molecule has 0 aliphatic rings. The van der Waals surface area contributed by atoms with Crippen molar-refractivity contribution in [2.45, 2.75) is 12.0 Å². The van der Waals surface area contributed by atoms with Crippen LogP contribution in [0.3, 0.4) is 0 Å². The van der Waals surface area contributed by atoms with Crippen LogP contribution in [-0.2, 0) is 14.3 Å². The van der Waals surface area contributed by atoms with Crippen LogP contribution in [0.2, 0.25) is 0 Å². The highest BCUT2D eigenvalue weighted by molar-refractivity contribution is 9.10. The Balaban J connectivity index is 2.45. The number of nitrogens with one attached hydrogen (secondary N) is 1. The summed E-state index contributed by atoms with van der Waals surface area (Å²) in [5, 5.41) is 12.2. The molecule has 1 amide bonds. The van der Waals surface area contributed by atoms with Crippen LogP contribution < -0.4 is 5.32 Å². The summed E-state index contributed by atoms with van der Waals surface area (Å²) in [6.07, 6.45) is 0. The molecule has 0 bridgehead atoms. The molecule has 0 aromatic heterocycles. The van der Waals surface area contributed by atoms with E-state index < -0.39 is 29.8 Å². The Labute approximate surface area is 165 Å². The van der Waals surface area contributed by atoms with Gasteiger partial charge in [-0.15, -0.1) is 0 Å². The van der Waals surface area contributed by atoms with Crippen molar-refractivity contribution in [1.29, 1.82) is 0 Å². The summed E-state index contributed by atoms with van der Waals surface area (Å²) in [7, 11) is 1.18. The molecule has 2 N–H and O–H groups in total. The lowest BCUT2D eigenvalue weighted by Gasteiger charge is -2.26. The summed E-state index contributed by atoms with van der Waals surface area (Å²) >= 11 is 3.33. The highest BCUT2D eigenvalue weighted by Gasteiger charge is 2.36. The number of benzene rings is 2. The molecule has 27 heavy (non-hydrogen) atoms. The quantitative estimate of drug-likeness (QED) is 0.518. The number of carboxylic acids is 1. The van der Waals surface area contributed by atoms with Gasteiger partial charge < -0.3 is 15.2 Å². The van der Waals surface area contributed by atoms with Gasteiger partial charge >= 0.3 is 11.9 Å². The lowest BCUT2D eigenvalue weighted by Crippen LogP contribution is -2.46. The minimum atomic E-state index is -1.42. The fraction of sp³-hybridized carbons (Fsp3) is 0.150. The van der Waals surface area contributed by atoms with Crippen molar-refractivity contribution >= 4 is 33.8 Å². The van der Waals surface area contributed by atoms with E-state index in [1.165, 1.54) is 7.11 Å². The summed E-state index contributed by atoms with van der Waals surface area (Å²) in [5.74, 6) is -3.63. The van der Waals surface area contributed by atoms with Gasteiger partial charge in [0.1, 0.15) is 6.04 Å². The second-order valence-corrected chi connectivity index (χ2v) is 6.62. The second-order valence-electron chi connectivity index (χ2n) is 5.70. The minimum Gasteiger partial charge on any atom is -0.480 e. The van der Waals surface area contributed by atoms with Crippen LogP contribution in [0.25, 0.3) is 0 Å². The number of hydrogen-bond donors (Lipinski definition) is 2. The van der Waals surface area contributed by atoms with Crippen LogP contribution >= 0.6 is 15.9 Å². The molecule has 0 unspecified atom stereocenters. The molecular weight excluding hydrogens is 414 g/mol. The van der Waals surface area contributed by atoms with Gasteiger partial charge in [0.2, 0.25) is 0 Å². The number of rotatable bonds is 7.